The summed E-state index contributed by atoms with van der Waals surface area (Å²) >= 11 is 5.76. The second-order valence-corrected chi connectivity index (χ2v) is 9.82. The van der Waals surface area contributed by atoms with Gasteiger partial charge in [-0.2, -0.15) is 13.2 Å². The topological polar surface area (TPSA) is 92.3 Å². The van der Waals surface area contributed by atoms with E-state index in [1.807, 2.05) is 0 Å². The van der Waals surface area contributed by atoms with Gasteiger partial charge in [0, 0.05) is 6.54 Å². The number of alkyl halides is 3. The van der Waals surface area contributed by atoms with E-state index in [1.165, 1.54) is 31.3 Å². The van der Waals surface area contributed by atoms with Crippen molar-refractivity contribution in [2.45, 2.75) is 23.4 Å². The Balaban J connectivity index is 2.16. The molecule has 0 aliphatic rings. The van der Waals surface area contributed by atoms with E-state index >= 15 is 0 Å². The minimum Gasteiger partial charge on any atom is -0.218 e. The van der Waals surface area contributed by atoms with E-state index in [1.54, 1.807) is 0 Å². The molecule has 0 amide bonds. The van der Waals surface area contributed by atoms with Crippen LogP contribution in [0, 0.1) is 0 Å². The molecular formula is C16H16ClF3N2O4S2. The molecule has 0 aliphatic heterocycles. The summed E-state index contributed by atoms with van der Waals surface area (Å²) in [5.74, 6) is -0.241. The Kier molecular flexibility index (Phi) is 6.77. The number of benzene rings is 2. The van der Waals surface area contributed by atoms with Crippen LogP contribution in [0.3, 0.4) is 0 Å². The maximum Gasteiger partial charge on any atom is 0.416 e. The lowest BCUT2D eigenvalue weighted by atomic mass is 10.1. The molecule has 0 heterocycles. The van der Waals surface area contributed by atoms with Gasteiger partial charge in [0.05, 0.1) is 16.3 Å². The third kappa shape index (κ3) is 5.92. The smallest absolute Gasteiger partial charge is 0.218 e. The Morgan fingerprint density at radius 3 is 2.07 bits per heavy atom. The fraction of sp³-hybridized carbons (Fsp3) is 0.250. The quantitative estimate of drug-likeness (QED) is 0.670. The normalized spacial score (nSPS) is 12.9. The molecule has 2 aromatic carbocycles. The zero-order chi connectivity index (χ0) is 21.2. The van der Waals surface area contributed by atoms with Crippen LogP contribution in [0.4, 0.5) is 13.2 Å². The molecule has 0 atom stereocenters. The second kappa shape index (κ2) is 8.37. The molecule has 2 N–H and O–H groups in total. The van der Waals surface area contributed by atoms with E-state index in [2.05, 4.69) is 9.44 Å². The maximum atomic E-state index is 12.8. The van der Waals surface area contributed by atoms with Crippen LogP contribution in [0.2, 0.25) is 5.02 Å². The maximum absolute atomic E-state index is 12.8. The summed E-state index contributed by atoms with van der Waals surface area (Å²) in [6.45, 7) is -0.214. The molecule has 6 nitrogen and oxygen atoms in total. The van der Waals surface area contributed by atoms with Crippen LogP contribution in [0.25, 0.3) is 0 Å². The predicted molar refractivity (Wildman–Crippen MR) is 98.6 cm³/mol. The first-order chi connectivity index (χ1) is 12.8. The summed E-state index contributed by atoms with van der Waals surface area (Å²) in [5.41, 5.74) is -0.161. The number of hydrogen-bond acceptors (Lipinski definition) is 4. The van der Waals surface area contributed by atoms with Crippen LogP contribution in [-0.4, -0.2) is 23.9 Å². The average molecular weight is 457 g/mol. The number of sulfonamides is 2. The molecule has 0 radical (unpaired) electrons. The Hall–Kier alpha value is -1.66. The predicted octanol–water partition coefficient (Wildman–Crippen LogP) is 2.89. The highest BCUT2D eigenvalue weighted by Gasteiger charge is 2.32. The van der Waals surface area contributed by atoms with Crippen molar-refractivity contribution in [3.63, 3.8) is 0 Å². The molecule has 154 valence electrons. The zero-order valence-corrected chi connectivity index (χ0v) is 16.8. The monoisotopic (exact) mass is 456 g/mol. The van der Waals surface area contributed by atoms with Gasteiger partial charge in [-0.05, 0) is 36.4 Å². The van der Waals surface area contributed by atoms with Gasteiger partial charge in [0.2, 0.25) is 20.0 Å². The van der Waals surface area contributed by atoms with Gasteiger partial charge in [0.1, 0.15) is 4.90 Å². The van der Waals surface area contributed by atoms with Gasteiger partial charge in [-0.25, -0.2) is 26.3 Å². The van der Waals surface area contributed by atoms with Crippen molar-refractivity contribution in [3.05, 3.63) is 64.2 Å². The Morgan fingerprint density at radius 2 is 1.54 bits per heavy atom. The molecule has 0 spiro atoms. The van der Waals surface area contributed by atoms with Crippen molar-refractivity contribution in [1.82, 2.24) is 9.44 Å². The molecule has 0 fully saturated rings. The van der Waals surface area contributed by atoms with Gasteiger partial charge in [0.25, 0.3) is 0 Å². The largest absolute Gasteiger partial charge is 0.416 e. The average Bonchev–Trinajstić information content (AvgIpc) is 2.60. The summed E-state index contributed by atoms with van der Waals surface area (Å²) < 4.78 is 90.5. The molecular weight excluding hydrogens is 441 g/mol. The number of halogens is 4. The highest BCUT2D eigenvalue weighted by Crippen LogP contribution is 2.33. The van der Waals surface area contributed by atoms with Gasteiger partial charge >= 0.3 is 6.18 Å². The minimum absolute atomic E-state index is 0.214. The van der Waals surface area contributed by atoms with E-state index < -0.39 is 36.7 Å². The van der Waals surface area contributed by atoms with Crippen LogP contribution in [-0.2, 0) is 38.5 Å². The lowest BCUT2D eigenvalue weighted by molar-refractivity contribution is -0.137. The number of nitrogens with one attached hydrogen (secondary N) is 2. The van der Waals surface area contributed by atoms with Crippen molar-refractivity contribution in [2.75, 3.05) is 7.05 Å². The first kappa shape index (κ1) is 22.6. The Morgan fingerprint density at radius 1 is 0.964 bits per heavy atom. The van der Waals surface area contributed by atoms with Gasteiger partial charge in [-0.1, -0.05) is 35.9 Å². The summed E-state index contributed by atoms with van der Waals surface area (Å²) in [7, 11) is -6.46. The molecule has 0 saturated heterocycles. The molecule has 0 saturated carbocycles. The molecule has 2 aromatic rings. The summed E-state index contributed by atoms with van der Waals surface area (Å²) in [5, 5.41) is -0.340. The Labute approximate surface area is 165 Å². The molecule has 0 aromatic heterocycles. The molecule has 0 aliphatic carbocycles. The van der Waals surface area contributed by atoms with E-state index in [9.17, 15) is 30.0 Å². The highest BCUT2D eigenvalue weighted by molar-refractivity contribution is 7.89. The van der Waals surface area contributed by atoms with Gasteiger partial charge in [0.15, 0.2) is 0 Å². The SMILES string of the molecule is CNS(=O)(=O)Cc1ccc(CNS(=O)(=O)c2cc(C(F)(F)F)ccc2Cl)cc1. The van der Waals surface area contributed by atoms with E-state index in [4.69, 9.17) is 11.6 Å². The minimum atomic E-state index is -4.71. The molecule has 0 bridgehead atoms. The van der Waals surface area contributed by atoms with Crippen LogP contribution in [0.1, 0.15) is 16.7 Å². The summed E-state index contributed by atoms with van der Waals surface area (Å²) in [4.78, 5) is -0.680. The lowest BCUT2D eigenvalue weighted by Gasteiger charge is -2.12. The van der Waals surface area contributed by atoms with Crippen molar-refractivity contribution in [3.8, 4) is 0 Å². The summed E-state index contributed by atoms with van der Waals surface area (Å²) in [6, 6.07) is 8.07. The highest BCUT2D eigenvalue weighted by atomic mass is 35.5. The Bertz CT molecular complexity index is 1050. The van der Waals surface area contributed by atoms with Gasteiger partial charge in [-0.15, -0.1) is 0 Å². The van der Waals surface area contributed by atoms with Crippen LogP contribution in [0.15, 0.2) is 47.4 Å². The number of rotatable bonds is 7. The second-order valence-electron chi connectivity index (χ2n) is 5.75. The third-order valence-corrected chi connectivity index (χ3v) is 6.92. The fourth-order valence-electron chi connectivity index (χ4n) is 2.19. The van der Waals surface area contributed by atoms with Crippen molar-refractivity contribution in [1.29, 1.82) is 0 Å². The van der Waals surface area contributed by atoms with Crippen LogP contribution < -0.4 is 9.44 Å². The van der Waals surface area contributed by atoms with Crippen LogP contribution in [0.5, 0.6) is 0 Å². The lowest BCUT2D eigenvalue weighted by Crippen LogP contribution is -2.24. The van der Waals surface area contributed by atoms with Crippen LogP contribution >= 0.6 is 11.6 Å². The molecule has 12 heteroatoms. The first-order valence-corrected chi connectivity index (χ1v) is 11.2. The zero-order valence-electron chi connectivity index (χ0n) is 14.4. The van der Waals surface area contributed by atoms with Crippen molar-refractivity contribution < 1.29 is 30.0 Å². The summed E-state index contributed by atoms with van der Waals surface area (Å²) in [6.07, 6.45) is -4.71. The molecule has 0 unspecified atom stereocenters. The van der Waals surface area contributed by atoms with Gasteiger partial charge < -0.3 is 0 Å². The van der Waals surface area contributed by atoms with E-state index in [-0.39, 0.29) is 17.3 Å². The number of hydrogen-bond donors (Lipinski definition) is 2. The fourth-order valence-corrected chi connectivity index (χ4v) is 4.50. The third-order valence-electron chi connectivity index (χ3n) is 3.71. The standard InChI is InChI=1S/C16H16ClF3N2O4S2/c1-21-27(23,24)10-12-4-2-11(3-5-12)9-22-28(25,26)15-8-13(16(18,19)20)6-7-14(15)17/h2-8,21-22H,9-10H2,1H3. The molecule has 28 heavy (non-hydrogen) atoms. The molecule has 2 rings (SSSR count). The van der Waals surface area contributed by atoms with E-state index in [0.717, 1.165) is 6.07 Å². The van der Waals surface area contributed by atoms with Crippen molar-refractivity contribution >= 4 is 31.6 Å². The van der Waals surface area contributed by atoms with Crippen molar-refractivity contribution in [2.24, 2.45) is 0 Å². The van der Waals surface area contributed by atoms with E-state index in [0.29, 0.717) is 23.3 Å². The first-order valence-electron chi connectivity index (χ1n) is 7.69. The van der Waals surface area contributed by atoms with Gasteiger partial charge in [-0.3, -0.25) is 0 Å².